The van der Waals surface area contributed by atoms with E-state index in [0.717, 1.165) is 10.0 Å². The molecular formula is C14H23BrN2S. The normalized spacial score (nSPS) is 14.3. The van der Waals surface area contributed by atoms with E-state index in [2.05, 4.69) is 59.3 Å². The molecular weight excluding hydrogens is 308 g/mol. The van der Waals surface area contributed by atoms with Gasteiger partial charge in [-0.2, -0.15) is 11.8 Å². The smallest absolute Gasteiger partial charge is 0.0377 e. The van der Waals surface area contributed by atoms with Crippen molar-refractivity contribution in [3.8, 4) is 0 Å². The second-order valence-corrected chi connectivity index (χ2v) is 6.58. The van der Waals surface area contributed by atoms with Crippen LogP contribution >= 0.6 is 27.7 Å². The molecule has 0 fully saturated rings. The first-order chi connectivity index (χ1) is 8.47. The molecule has 0 heterocycles. The lowest BCUT2D eigenvalue weighted by molar-refractivity contribution is 0.669. The number of rotatable bonds is 6. The zero-order valence-electron chi connectivity index (χ0n) is 11.6. The largest absolute Gasteiger partial charge is 0.372 e. The second-order valence-electron chi connectivity index (χ2n) is 4.74. The molecule has 0 saturated heterocycles. The van der Waals surface area contributed by atoms with Crippen molar-refractivity contribution in [1.29, 1.82) is 0 Å². The molecule has 0 spiro atoms. The fourth-order valence-electron chi connectivity index (χ4n) is 1.84. The fourth-order valence-corrected chi connectivity index (χ4v) is 3.15. The van der Waals surface area contributed by atoms with Crippen LogP contribution in [0.25, 0.3) is 0 Å². The van der Waals surface area contributed by atoms with E-state index < -0.39 is 0 Å². The first-order valence-electron chi connectivity index (χ1n) is 6.24. The van der Waals surface area contributed by atoms with Crippen molar-refractivity contribution in [3.63, 3.8) is 0 Å². The quantitative estimate of drug-likeness (QED) is 0.853. The van der Waals surface area contributed by atoms with Crippen LogP contribution in [0.1, 0.15) is 31.9 Å². The third-order valence-electron chi connectivity index (χ3n) is 3.28. The molecule has 2 N–H and O–H groups in total. The lowest BCUT2D eigenvalue weighted by Gasteiger charge is -2.27. The van der Waals surface area contributed by atoms with Gasteiger partial charge in [0.1, 0.15) is 0 Å². The van der Waals surface area contributed by atoms with Crippen LogP contribution in [0.15, 0.2) is 22.7 Å². The van der Waals surface area contributed by atoms with Crippen molar-refractivity contribution in [3.05, 3.63) is 28.2 Å². The van der Waals surface area contributed by atoms with Gasteiger partial charge in [-0.05, 0) is 50.0 Å². The van der Waals surface area contributed by atoms with Crippen molar-refractivity contribution in [2.75, 3.05) is 24.0 Å². The highest BCUT2D eigenvalue weighted by Gasteiger charge is 2.12. The minimum Gasteiger partial charge on any atom is -0.372 e. The van der Waals surface area contributed by atoms with Crippen LogP contribution in [-0.2, 0) is 0 Å². The van der Waals surface area contributed by atoms with Crippen LogP contribution < -0.4 is 10.6 Å². The Morgan fingerprint density at radius 3 is 2.56 bits per heavy atom. The van der Waals surface area contributed by atoms with Gasteiger partial charge in [0.15, 0.2) is 0 Å². The molecule has 1 aromatic rings. The van der Waals surface area contributed by atoms with Gasteiger partial charge < -0.3 is 10.6 Å². The van der Waals surface area contributed by atoms with Gasteiger partial charge in [-0.25, -0.2) is 0 Å². The van der Waals surface area contributed by atoms with Gasteiger partial charge in [0, 0.05) is 29.3 Å². The van der Waals surface area contributed by atoms with Gasteiger partial charge >= 0.3 is 0 Å². The average Bonchev–Trinajstić information content (AvgIpc) is 2.34. The SMILES string of the molecule is CSCCC(C)N(C)c1ccc([C@@H](C)N)c(Br)c1. The van der Waals surface area contributed by atoms with E-state index in [1.165, 1.54) is 17.9 Å². The van der Waals surface area contributed by atoms with Gasteiger partial charge in [0.05, 0.1) is 0 Å². The van der Waals surface area contributed by atoms with Crippen LogP contribution in [0.3, 0.4) is 0 Å². The van der Waals surface area contributed by atoms with Crippen molar-refractivity contribution >= 4 is 33.4 Å². The summed E-state index contributed by atoms with van der Waals surface area (Å²) in [6, 6.07) is 7.04. The Labute approximate surface area is 123 Å². The van der Waals surface area contributed by atoms with Crippen molar-refractivity contribution in [2.45, 2.75) is 32.4 Å². The molecule has 18 heavy (non-hydrogen) atoms. The summed E-state index contributed by atoms with van der Waals surface area (Å²) in [6.45, 7) is 4.27. The van der Waals surface area contributed by atoms with Gasteiger partial charge in [-0.1, -0.05) is 22.0 Å². The number of halogens is 1. The fraction of sp³-hybridized carbons (Fsp3) is 0.571. The van der Waals surface area contributed by atoms with Crippen LogP contribution in [0, 0.1) is 0 Å². The lowest BCUT2D eigenvalue weighted by atomic mass is 10.1. The molecule has 0 aliphatic carbocycles. The minimum atomic E-state index is 0.0626. The number of nitrogens with zero attached hydrogens (tertiary/aromatic N) is 1. The van der Waals surface area contributed by atoms with E-state index >= 15 is 0 Å². The summed E-state index contributed by atoms with van der Waals surface area (Å²) < 4.78 is 1.10. The third kappa shape index (κ3) is 4.18. The summed E-state index contributed by atoms with van der Waals surface area (Å²) in [6.07, 6.45) is 3.35. The molecule has 2 atom stereocenters. The zero-order chi connectivity index (χ0) is 13.7. The number of anilines is 1. The van der Waals surface area contributed by atoms with E-state index in [-0.39, 0.29) is 6.04 Å². The molecule has 1 rings (SSSR count). The predicted molar refractivity (Wildman–Crippen MR) is 87.6 cm³/mol. The summed E-state index contributed by atoms with van der Waals surface area (Å²) in [7, 11) is 2.15. The van der Waals surface area contributed by atoms with Crippen molar-refractivity contribution in [1.82, 2.24) is 0 Å². The highest BCUT2D eigenvalue weighted by molar-refractivity contribution is 9.10. The number of hydrogen-bond acceptors (Lipinski definition) is 3. The molecule has 1 aromatic carbocycles. The van der Waals surface area contributed by atoms with E-state index in [1.54, 1.807) is 0 Å². The minimum absolute atomic E-state index is 0.0626. The van der Waals surface area contributed by atoms with Gasteiger partial charge in [-0.15, -0.1) is 0 Å². The molecule has 2 nitrogen and oxygen atoms in total. The summed E-state index contributed by atoms with van der Waals surface area (Å²) in [5.41, 5.74) is 8.31. The van der Waals surface area contributed by atoms with Crippen molar-refractivity contribution in [2.24, 2.45) is 5.73 Å². The van der Waals surface area contributed by atoms with Gasteiger partial charge in [0.25, 0.3) is 0 Å². The number of benzene rings is 1. The van der Waals surface area contributed by atoms with Crippen LogP contribution in [0.5, 0.6) is 0 Å². The van der Waals surface area contributed by atoms with Crippen LogP contribution in [0.2, 0.25) is 0 Å². The van der Waals surface area contributed by atoms with Gasteiger partial charge in [0.2, 0.25) is 0 Å². The molecule has 0 aliphatic heterocycles. The number of nitrogens with two attached hydrogens (primary N) is 1. The maximum absolute atomic E-state index is 5.92. The van der Waals surface area contributed by atoms with E-state index in [1.807, 2.05) is 18.7 Å². The number of thioether (sulfide) groups is 1. The molecule has 1 unspecified atom stereocenters. The Morgan fingerprint density at radius 2 is 2.06 bits per heavy atom. The maximum atomic E-state index is 5.92. The molecule has 0 radical (unpaired) electrons. The summed E-state index contributed by atoms with van der Waals surface area (Å²) in [4.78, 5) is 2.33. The second kappa shape index (κ2) is 7.41. The van der Waals surface area contributed by atoms with E-state index in [0.29, 0.717) is 6.04 Å². The predicted octanol–water partition coefficient (Wildman–Crippen LogP) is 4.05. The average molecular weight is 331 g/mol. The summed E-state index contributed by atoms with van der Waals surface area (Å²) in [5.74, 6) is 1.20. The Hall–Kier alpha value is -0.190. The third-order valence-corrected chi connectivity index (χ3v) is 4.61. The monoisotopic (exact) mass is 330 g/mol. The van der Waals surface area contributed by atoms with Crippen LogP contribution in [-0.4, -0.2) is 25.1 Å². The Balaban J connectivity index is 2.80. The Kier molecular flexibility index (Phi) is 6.53. The molecule has 0 aliphatic rings. The van der Waals surface area contributed by atoms with Crippen LogP contribution in [0.4, 0.5) is 5.69 Å². The molecule has 0 saturated carbocycles. The molecule has 0 amide bonds. The summed E-state index contributed by atoms with van der Waals surface area (Å²) >= 11 is 5.51. The first-order valence-corrected chi connectivity index (χ1v) is 8.42. The molecule has 102 valence electrons. The summed E-state index contributed by atoms with van der Waals surface area (Å²) in [5, 5.41) is 0. The standard InChI is InChI=1S/C14H23BrN2S/c1-10(7-8-18-4)17(3)12-5-6-13(11(2)16)14(15)9-12/h5-6,9-11H,7-8,16H2,1-4H3/t10?,11-/m1/s1. The maximum Gasteiger partial charge on any atom is 0.0377 e. The molecule has 0 bridgehead atoms. The molecule has 0 aromatic heterocycles. The Bertz CT molecular complexity index is 382. The zero-order valence-corrected chi connectivity index (χ0v) is 14.0. The highest BCUT2D eigenvalue weighted by atomic mass is 79.9. The Morgan fingerprint density at radius 1 is 1.39 bits per heavy atom. The highest BCUT2D eigenvalue weighted by Crippen LogP contribution is 2.28. The van der Waals surface area contributed by atoms with Crippen molar-refractivity contribution < 1.29 is 0 Å². The van der Waals surface area contributed by atoms with E-state index in [9.17, 15) is 0 Å². The number of hydrogen-bond donors (Lipinski definition) is 1. The topological polar surface area (TPSA) is 29.3 Å². The molecule has 4 heteroatoms. The van der Waals surface area contributed by atoms with Gasteiger partial charge in [-0.3, -0.25) is 0 Å². The first kappa shape index (κ1) is 15.9. The lowest BCUT2D eigenvalue weighted by Crippen LogP contribution is -2.29. The van der Waals surface area contributed by atoms with E-state index in [4.69, 9.17) is 5.73 Å².